The molecule has 0 aliphatic carbocycles. The van der Waals surface area contributed by atoms with Gasteiger partial charge in [0.15, 0.2) is 0 Å². The summed E-state index contributed by atoms with van der Waals surface area (Å²) >= 11 is 3.16. The van der Waals surface area contributed by atoms with Crippen LogP contribution in [0.5, 0.6) is 0 Å². The maximum atomic E-state index is 12.7. The zero-order valence-electron chi connectivity index (χ0n) is 10.1. The molecule has 100 valence electrons. The third-order valence-corrected chi connectivity index (χ3v) is 3.82. The van der Waals surface area contributed by atoms with Crippen LogP contribution >= 0.6 is 15.9 Å². The molecule has 0 bridgehead atoms. The van der Waals surface area contributed by atoms with Crippen LogP contribution in [0, 0.1) is 5.92 Å². The molecule has 1 aromatic rings. The number of nitrogens with zero attached hydrogens (tertiary/aromatic N) is 1. The van der Waals surface area contributed by atoms with Gasteiger partial charge in [-0.1, -0.05) is 22.9 Å². The highest BCUT2D eigenvalue weighted by Crippen LogP contribution is 2.35. The Kier molecular flexibility index (Phi) is 3.90. The van der Waals surface area contributed by atoms with Gasteiger partial charge >= 0.3 is 6.18 Å². The van der Waals surface area contributed by atoms with Crippen molar-refractivity contribution in [2.75, 3.05) is 18.0 Å². The highest BCUT2D eigenvalue weighted by atomic mass is 79.9. The lowest BCUT2D eigenvalue weighted by Gasteiger charge is -2.32. The van der Waals surface area contributed by atoms with Crippen molar-refractivity contribution in [3.8, 4) is 0 Å². The van der Waals surface area contributed by atoms with Gasteiger partial charge in [-0.05, 0) is 37.0 Å². The Balaban J connectivity index is 2.25. The van der Waals surface area contributed by atoms with E-state index in [1.807, 2.05) is 4.90 Å². The zero-order valence-corrected chi connectivity index (χ0v) is 11.7. The topological polar surface area (TPSA) is 3.24 Å². The highest BCUT2D eigenvalue weighted by molar-refractivity contribution is 9.10. The molecule has 18 heavy (non-hydrogen) atoms. The molecular formula is C13H15BrF3N. The summed E-state index contributed by atoms with van der Waals surface area (Å²) in [5.41, 5.74) is 0.0640. The molecule has 0 saturated carbocycles. The standard InChI is InChI=1S/C13H15BrF3N/c1-9-2-4-18(5-3-9)12-7-10(13(15,16)17)6-11(14)8-12/h6-9H,2-5H2,1H3. The van der Waals surface area contributed by atoms with E-state index in [-0.39, 0.29) is 0 Å². The number of hydrogen-bond donors (Lipinski definition) is 0. The second-order valence-corrected chi connectivity index (χ2v) is 5.78. The van der Waals surface area contributed by atoms with Crippen LogP contribution in [0.3, 0.4) is 0 Å². The molecule has 0 amide bonds. The van der Waals surface area contributed by atoms with Gasteiger partial charge in [0.05, 0.1) is 5.56 Å². The van der Waals surface area contributed by atoms with E-state index in [1.165, 1.54) is 6.07 Å². The van der Waals surface area contributed by atoms with Crippen molar-refractivity contribution in [3.05, 3.63) is 28.2 Å². The summed E-state index contributed by atoms with van der Waals surface area (Å²) in [6.45, 7) is 3.84. The highest BCUT2D eigenvalue weighted by Gasteiger charge is 2.31. The Morgan fingerprint density at radius 1 is 1.17 bits per heavy atom. The monoisotopic (exact) mass is 321 g/mol. The summed E-state index contributed by atoms with van der Waals surface area (Å²) in [6, 6.07) is 4.11. The maximum Gasteiger partial charge on any atom is 0.416 e. The van der Waals surface area contributed by atoms with E-state index in [9.17, 15) is 13.2 Å². The van der Waals surface area contributed by atoms with Crippen LogP contribution in [0.1, 0.15) is 25.3 Å². The molecule has 1 aliphatic heterocycles. The molecule has 0 spiro atoms. The van der Waals surface area contributed by atoms with Gasteiger partial charge < -0.3 is 4.90 Å². The normalized spacial score (nSPS) is 18.2. The van der Waals surface area contributed by atoms with E-state index in [0.29, 0.717) is 16.1 Å². The zero-order chi connectivity index (χ0) is 13.3. The van der Waals surface area contributed by atoms with Gasteiger partial charge in [0, 0.05) is 23.2 Å². The number of benzene rings is 1. The minimum Gasteiger partial charge on any atom is -0.371 e. The number of piperidine rings is 1. The number of alkyl halides is 3. The smallest absolute Gasteiger partial charge is 0.371 e. The van der Waals surface area contributed by atoms with Gasteiger partial charge in [0.1, 0.15) is 0 Å². The first-order valence-electron chi connectivity index (χ1n) is 5.99. The molecule has 0 aromatic heterocycles. The van der Waals surface area contributed by atoms with Crippen LogP contribution in [0.25, 0.3) is 0 Å². The average Bonchev–Trinajstić information content (AvgIpc) is 2.28. The molecule has 2 rings (SSSR count). The summed E-state index contributed by atoms with van der Waals surface area (Å²) in [6.07, 6.45) is -2.22. The number of anilines is 1. The van der Waals surface area contributed by atoms with Crippen LogP contribution in [0.4, 0.5) is 18.9 Å². The number of halogens is 4. The second kappa shape index (κ2) is 5.11. The number of hydrogen-bond acceptors (Lipinski definition) is 1. The van der Waals surface area contributed by atoms with Gasteiger partial charge in [-0.2, -0.15) is 13.2 Å². The fourth-order valence-electron chi connectivity index (χ4n) is 2.19. The molecule has 1 heterocycles. The van der Waals surface area contributed by atoms with Crippen molar-refractivity contribution in [1.82, 2.24) is 0 Å². The van der Waals surface area contributed by atoms with Crippen molar-refractivity contribution >= 4 is 21.6 Å². The van der Waals surface area contributed by atoms with Gasteiger partial charge in [-0.25, -0.2) is 0 Å². The maximum absolute atomic E-state index is 12.7. The number of rotatable bonds is 1. The fourth-order valence-corrected chi connectivity index (χ4v) is 2.67. The fraction of sp³-hybridized carbons (Fsp3) is 0.538. The van der Waals surface area contributed by atoms with Crippen LogP contribution < -0.4 is 4.90 Å². The summed E-state index contributed by atoms with van der Waals surface area (Å²) in [4.78, 5) is 2.03. The van der Waals surface area contributed by atoms with E-state index in [0.717, 1.165) is 32.0 Å². The third kappa shape index (κ3) is 3.19. The van der Waals surface area contributed by atoms with Crippen LogP contribution in [-0.4, -0.2) is 13.1 Å². The summed E-state index contributed by atoms with van der Waals surface area (Å²) in [5.74, 6) is 0.662. The summed E-state index contributed by atoms with van der Waals surface area (Å²) in [5, 5.41) is 0. The van der Waals surface area contributed by atoms with Gasteiger partial charge in [0.25, 0.3) is 0 Å². The Bertz CT molecular complexity index is 423. The minimum absolute atomic E-state index is 0.478. The molecule has 5 heteroatoms. The largest absolute Gasteiger partial charge is 0.416 e. The second-order valence-electron chi connectivity index (χ2n) is 4.87. The first-order valence-corrected chi connectivity index (χ1v) is 6.78. The first kappa shape index (κ1) is 13.7. The average molecular weight is 322 g/mol. The lowest BCUT2D eigenvalue weighted by molar-refractivity contribution is -0.137. The van der Waals surface area contributed by atoms with E-state index in [1.54, 1.807) is 6.07 Å². The SMILES string of the molecule is CC1CCN(c2cc(Br)cc(C(F)(F)F)c2)CC1. The van der Waals surface area contributed by atoms with Crippen molar-refractivity contribution < 1.29 is 13.2 Å². The Morgan fingerprint density at radius 2 is 1.78 bits per heavy atom. The quantitative estimate of drug-likeness (QED) is 0.724. The summed E-state index contributed by atoms with van der Waals surface area (Å²) in [7, 11) is 0. The van der Waals surface area contributed by atoms with Crippen molar-refractivity contribution in [1.29, 1.82) is 0 Å². The van der Waals surface area contributed by atoms with E-state index >= 15 is 0 Å². The first-order chi connectivity index (χ1) is 8.36. The van der Waals surface area contributed by atoms with Crippen molar-refractivity contribution in [2.24, 2.45) is 5.92 Å². The van der Waals surface area contributed by atoms with Crippen molar-refractivity contribution in [2.45, 2.75) is 25.9 Å². The Labute approximate surface area is 113 Å². The Hall–Kier alpha value is -0.710. The molecule has 0 unspecified atom stereocenters. The summed E-state index contributed by atoms with van der Waals surface area (Å²) < 4.78 is 38.7. The minimum atomic E-state index is -4.29. The third-order valence-electron chi connectivity index (χ3n) is 3.36. The predicted molar refractivity (Wildman–Crippen MR) is 69.8 cm³/mol. The predicted octanol–water partition coefficient (Wildman–Crippen LogP) is 4.70. The Morgan fingerprint density at radius 3 is 2.33 bits per heavy atom. The molecule has 1 aromatic carbocycles. The lowest BCUT2D eigenvalue weighted by atomic mass is 9.98. The molecular weight excluding hydrogens is 307 g/mol. The van der Waals surface area contributed by atoms with E-state index < -0.39 is 11.7 Å². The van der Waals surface area contributed by atoms with Crippen LogP contribution in [-0.2, 0) is 6.18 Å². The molecule has 1 aliphatic rings. The molecule has 0 atom stereocenters. The lowest BCUT2D eigenvalue weighted by Crippen LogP contribution is -2.32. The van der Waals surface area contributed by atoms with Gasteiger partial charge in [-0.15, -0.1) is 0 Å². The molecule has 1 saturated heterocycles. The molecule has 1 fully saturated rings. The van der Waals surface area contributed by atoms with E-state index in [2.05, 4.69) is 22.9 Å². The van der Waals surface area contributed by atoms with Gasteiger partial charge in [0.2, 0.25) is 0 Å². The van der Waals surface area contributed by atoms with Crippen molar-refractivity contribution in [3.63, 3.8) is 0 Å². The van der Waals surface area contributed by atoms with Gasteiger partial charge in [-0.3, -0.25) is 0 Å². The van der Waals surface area contributed by atoms with Crippen LogP contribution in [0.15, 0.2) is 22.7 Å². The molecule has 1 nitrogen and oxygen atoms in total. The molecule has 0 N–H and O–H groups in total. The van der Waals surface area contributed by atoms with Crippen LogP contribution in [0.2, 0.25) is 0 Å². The molecule has 0 radical (unpaired) electrons. The van der Waals surface area contributed by atoms with E-state index in [4.69, 9.17) is 0 Å².